The standard InChI is InChI=1S/C24H22ClFN2O4S/c1-15-3-2-4-23(27-15)32-13-16-12-28(33(29,30)19-8-5-17(25)6-9-19)24-20-11-18(26)7-10-22(20)31-14-21(16)24/h2-11,16,21,24H,12-14H2,1H3/t16-,21-,24-/m0/s1. The molecule has 0 amide bonds. The van der Waals surface area contributed by atoms with E-state index in [2.05, 4.69) is 4.98 Å². The van der Waals surface area contributed by atoms with Crippen LogP contribution in [0.15, 0.2) is 65.6 Å². The van der Waals surface area contributed by atoms with E-state index in [1.165, 1.54) is 28.6 Å². The van der Waals surface area contributed by atoms with E-state index in [9.17, 15) is 12.8 Å². The average molecular weight is 489 g/mol. The third-order valence-electron chi connectivity index (χ3n) is 6.19. The number of pyridine rings is 1. The molecule has 0 N–H and O–H groups in total. The van der Waals surface area contributed by atoms with Gasteiger partial charge < -0.3 is 9.47 Å². The van der Waals surface area contributed by atoms with Crippen LogP contribution in [-0.2, 0) is 10.0 Å². The first kappa shape index (κ1) is 22.1. The minimum atomic E-state index is -3.88. The number of sulfonamides is 1. The Hall–Kier alpha value is -2.68. The number of aromatic nitrogens is 1. The molecule has 2 aromatic carbocycles. The first-order valence-electron chi connectivity index (χ1n) is 10.6. The fourth-order valence-electron chi connectivity index (χ4n) is 4.59. The number of nitrogens with zero attached hydrogens (tertiary/aromatic N) is 2. The highest BCUT2D eigenvalue weighted by Gasteiger charge is 2.51. The molecule has 0 spiro atoms. The molecule has 3 atom stereocenters. The van der Waals surface area contributed by atoms with Crippen LogP contribution >= 0.6 is 11.6 Å². The second kappa shape index (κ2) is 8.59. The number of halogens is 2. The normalized spacial score (nSPS) is 22.3. The largest absolute Gasteiger partial charge is 0.493 e. The Labute approximate surface area is 197 Å². The molecular formula is C24H22ClFN2O4S. The van der Waals surface area contributed by atoms with Crippen molar-refractivity contribution in [3.8, 4) is 11.6 Å². The summed E-state index contributed by atoms with van der Waals surface area (Å²) in [5.41, 5.74) is 1.36. The van der Waals surface area contributed by atoms with Gasteiger partial charge in [-0.1, -0.05) is 17.7 Å². The maximum absolute atomic E-state index is 14.2. The van der Waals surface area contributed by atoms with E-state index in [0.717, 1.165) is 5.69 Å². The summed E-state index contributed by atoms with van der Waals surface area (Å²) in [5.74, 6) is 0.164. The van der Waals surface area contributed by atoms with Crippen molar-refractivity contribution in [1.29, 1.82) is 0 Å². The zero-order valence-corrected chi connectivity index (χ0v) is 19.4. The van der Waals surface area contributed by atoms with Gasteiger partial charge in [-0.05, 0) is 55.5 Å². The third-order valence-corrected chi connectivity index (χ3v) is 8.30. The predicted molar refractivity (Wildman–Crippen MR) is 121 cm³/mol. The van der Waals surface area contributed by atoms with Crippen molar-refractivity contribution in [2.45, 2.75) is 17.9 Å². The lowest BCUT2D eigenvalue weighted by Crippen LogP contribution is -2.35. The molecule has 5 rings (SSSR count). The molecule has 6 nitrogen and oxygen atoms in total. The van der Waals surface area contributed by atoms with Crippen molar-refractivity contribution in [1.82, 2.24) is 9.29 Å². The van der Waals surface area contributed by atoms with E-state index in [1.54, 1.807) is 24.3 Å². The molecule has 0 bridgehead atoms. The number of rotatable bonds is 5. The molecule has 172 valence electrons. The van der Waals surface area contributed by atoms with Gasteiger partial charge in [0.1, 0.15) is 11.6 Å². The van der Waals surface area contributed by atoms with Gasteiger partial charge in [0.2, 0.25) is 15.9 Å². The summed E-state index contributed by atoms with van der Waals surface area (Å²) in [7, 11) is -3.88. The number of hydrogen-bond acceptors (Lipinski definition) is 5. The van der Waals surface area contributed by atoms with Gasteiger partial charge in [0.15, 0.2) is 0 Å². The molecule has 1 saturated heterocycles. The Morgan fingerprint density at radius 3 is 2.73 bits per heavy atom. The van der Waals surface area contributed by atoms with Gasteiger partial charge in [0.05, 0.1) is 24.2 Å². The lowest BCUT2D eigenvalue weighted by Gasteiger charge is -2.34. The molecule has 3 aromatic rings. The summed E-state index contributed by atoms with van der Waals surface area (Å²) in [6.07, 6.45) is 0. The van der Waals surface area contributed by atoms with Crippen LogP contribution < -0.4 is 9.47 Å². The molecule has 33 heavy (non-hydrogen) atoms. The fourth-order valence-corrected chi connectivity index (χ4v) is 6.42. The molecule has 2 aliphatic rings. The quantitative estimate of drug-likeness (QED) is 0.523. The zero-order chi connectivity index (χ0) is 23.2. The topological polar surface area (TPSA) is 68.7 Å². The number of fused-ring (bicyclic) bond motifs is 3. The highest BCUT2D eigenvalue weighted by atomic mass is 35.5. The number of hydrogen-bond donors (Lipinski definition) is 0. The molecule has 0 saturated carbocycles. The molecule has 0 unspecified atom stereocenters. The van der Waals surface area contributed by atoms with Crippen LogP contribution in [0.2, 0.25) is 5.02 Å². The molecule has 1 fully saturated rings. The lowest BCUT2D eigenvalue weighted by molar-refractivity contribution is 0.134. The fraction of sp³-hybridized carbons (Fsp3) is 0.292. The highest BCUT2D eigenvalue weighted by molar-refractivity contribution is 7.89. The summed E-state index contributed by atoms with van der Waals surface area (Å²) in [6, 6.07) is 15.2. The van der Waals surface area contributed by atoms with E-state index in [0.29, 0.717) is 28.8 Å². The Balaban J connectivity index is 1.51. The van der Waals surface area contributed by atoms with Gasteiger partial charge in [0, 0.05) is 40.7 Å². The van der Waals surface area contributed by atoms with Crippen molar-refractivity contribution < 1.29 is 22.3 Å². The van der Waals surface area contributed by atoms with E-state index in [-0.39, 0.29) is 29.9 Å². The zero-order valence-electron chi connectivity index (χ0n) is 17.8. The van der Waals surface area contributed by atoms with Gasteiger partial charge >= 0.3 is 0 Å². The number of ether oxygens (including phenoxy) is 2. The van der Waals surface area contributed by atoms with Crippen molar-refractivity contribution >= 4 is 21.6 Å². The van der Waals surface area contributed by atoms with E-state index >= 15 is 0 Å². The molecule has 3 heterocycles. The minimum Gasteiger partial charge on any atom is -0.493 e. The summed E-state index contributed by atoms with van der Waals surface area (Å²) in [5, 5.41) is 0.448. The number of aryl methyl sites for hydroxylation is 1. The first-order valence-corrected chi connectivity index (χ1v) is 12.4. The second-order valence-corrected chi connectivity index (χ2v) is 10.6. The molecule has 9 heteroatoms. The summed E-state index contributed by atoms with van der Waals surface area (Å²) >= 11 is 5.96. The molecule has 2 aliphatic heterocycles. The Morgan fingerprint density at radius 1 is 1.18 bits per heavy atom. The molecular weight excluding hydrogens is 467 g/mol. The molecule has 0 radical (unpaired) electrons. The maximum Gasteiger partial charge on any atom is 0.243 e. The van der Waals surface area contributed by atoms with Gasteiger partial charge in [-0.3, -0.25) is 0 Å². The first-order chi connectivity index (χ1) is 15.8. The minimum absolute atomic E-state index is 0.136. The third kappa shape index (κ3) is 4.18. The van der Waals surface area contributed by atoms with Crippen LogP contribution in [0, 0.1) is 24.6 Å². The lowest BCUT2D eigenvalue weighted by atomic mass is 9.86. The van der Waals surface area contributed by atoms with Crippen LogP contribution in [0.5, 0.6) is 11.6 Å². The summed E-state index contributed by atoms with van der Waals surface area (Å²) in [4.78, 5) is 4.50. The molecule has 0 aliphatic carbocycles. The Morgan fingerprint density at radius 2 is 1.97 bits per heavy atom. The second-order valence-electron chi connectivity index (χ2n) is 8.32. The van der Waals surface area contributed by atoms with Gasteiger partial charge in [-0.2, -0.15) is 4.31 Å². The number of benzene rings is 2. The Bertz CT molecular complexity index is 1290. The van der Waals surface area contributed by atoms with Crippen LogP contribution in [-0.4, -0.2) is 37.5 Å². The maximum atomic E-state index is 14.2. The summed E-state index contributed by atoms with van der Waals surface area (Å²) < 4.78 is 54.8. The van der Waals surface area contributed by atoms with Crippen molar-refractivity contribution in [2.75, 3.05) is 19.8 Å². The monoisotopic (exact) mass is 488 g/mol. The van der Waals surface area contributed by atoms with E-state index in [4.69, 9.17) is 21.1 Å². The van der Waals surface area contributed by atoms with Crippen molar-refractivity contribution in [3.63, 3.8) is 0 Å². The predicted octanol–water partition coefficient (Wildman–Crippen LogP) is 4.63. The van der Waals surface area contributed by atoms with Gasteiger partial charge in [-0.15, -0.1) is 0 Å². The van der Waals surface area contributed by atoms with Crippen LogP contribution in [0.25, 0.3) is 0 Å². The van der Waals surface area contributed by atoms with Crippen LogP contribution in [0.4, 0.5) is 4.39 Å². The van der Waals surface area contributed by atoms with Crippen LogP contribution in [0.3, 0.4) is 0 Å². The highest BCUT2D eigenvalue weighted by Crippen LogP contribution is 2.49. The van der Waals surface area contributed by atoms with Gasteiger partial charge in [0.25, 0.3) is 0 Å². The van der Waals surface area contributed by atoms with Crippen molar-refractivity contribution in [2.24, 2.45) is 11.8 Å². The van der Waals surface area contributed by atoms with Crippen molar-refractivity contribution in [3.05, 3.63) is 82.8 Å². The van der Waals surface area contributed by atoms with E-state index < -0.39 is 21.9 Å². The van der Waals surface area contributed by atoms with E-state index in [1.807, 2.05) is 19.1 Å². The SMILES string of the molecule is Cc1cccc(OC[C@@H]2CN(S(=O)(=O)c3ccc(Cl)cc3)[C@H]3c4cc(F)ccc4OC[C@@H]23)n1. The Kier molecular flexibility index (Phi) is 5.76. The smallest absolute Gasteiger partial charge is 0.243 e. The summed E-state index contributed by atoms with van der Waals surface area (Å²) in [6.45, 7) is 2.66. The van der Waals surface area contributed by atoms with Gasteiger partial charge in [-0.25, -0.2) is 17.8 Å². The van der Waals surface area contributed by atoms with Crippen LogP contribution in [0.1, 0.15) is 17.3 Å². The average Bonchev–Trinajstić information content (AvgIpc) is 3.18. The molecule has 1 aromatic heterocycles.